The fourth-order valence-electron chi connectivity index (χ4n) is 3.27. The highest BCUT2D eigenvalue weighted by Gasteiger charge is 2.26. The molecular formula is C26H25ClN2O3. The fraction of sp³-hybridized carbons (Fsp3) is 0.154. The van der Waals surface area contributed by atoms with Crippen LogP contribution < -0.4 is 5.32 Å². The SMILES string of the molecule is COC(=O)/C=C/N(Cc1ccccc1)[C@H](C(=O)NCc1ccccc1)c1ccc(Cl)cc1. The summed E-state index contributed by atoms with van der Waals surface area (Å²) in [6.07, 6.45) is 2.91. The van der Waals surface area contributed by atoms with Crippen molar-refractivity contribution in [3.63, 3.8) is 0 Å². The van der Waals surface area contributed by atoms with Gasteiger partial charge in [0.1, 0.15) is 6.04 Å². The number of amides is 1. The van der Waals surface area contributed by atoms with Gasteiger partial charge in [0.15, 0.2) is 0 Å². The number of halogens is 1. The molecule has 0 saturated heterocycles. The largest absolute Gasteiger partial charge is 0.466 e. The van der Waals surface area contributed by atoms with Crippen LogP contribution in [0.4, 0.5) is 0 Å². The number of rotatable bonds is 9. The molecule has 1 N–H and O–H groups in total. The van der Waals surface area contributed by atoms with Crippen LogP contribution in [-0.2, 0) is 27.4 Å². The highest BCUT2D eigenvalue weighted by molar-refractivity contribution is 6.30. The van der Waals surface area contributed by atoms with Crippen molar-refractivity contribution in [2.24, 2.45) is 0 Å². The number of hydrogen-bond acceptors (Lipinski definition) is 4. The number of methoxy groups -OCH3 is 1. The number of hydrogen-bond donors (Lipinski definition) is 1. The summed E-state index contributed by atoms with van der Waals surface area (Å²) in [7, 11) is 1.32. The Bertz CT molecular complexity index is 1040. The highest BCUT2D eigenvalue weighted by atomic mass is 35.5. The molecule has 6 heteroatoms. The molecule has 0 spiro atoms. The molecule has 0 aliphatic heterocycles. The molecule has 1 amide bonds. The van der Waals surface area contributed by atoms with Crippen molar-refractivity contribution < 1.29 is 14.3 Å². The quantitative estimate of drug-likeness (QED) is 0.374. The average molecular weight is 449 g/mol. The van der Waals surface area contributed by atoms with Crippen LogP contribution in [0.5, 0.6) is 0 Å². The Hall–Kier alpha value is -3.57. The molecule has 3 aromatic carbocycles. The van der Waals surface area contributed by atoms with Gasteiger partial charge in [-0.05, 0) is 28.8 Å². The second-order valence-electron chi connectivity index (χ2n) is 7.15. The third-order valence-corrected chi connectivity index (χ3v) is 5.14. The minimum atomic E-state index is -0.683. The lowest BCUT2D eigenvalue weighted by Crippen LogP contribution is -2.38. The maximum Gasteiger partial charge on any atom is 0.331 e. The lowest BCUT2D eigenvalue weighted by Gasteiger charge is -2.30. The summed E-state index contributed by atoms with van der Waals surface area (Å²) in [4.78, 5) is 27.0. The summed E-state index contributed by atoms with van der Waals surface area (Å²) in [5.74, 6) is -0.691. The van der Waals surface area contributed by atoms with Gasteiger partial charge in [0, 0.05) is 30.4 Å². The van der Waals surface area contributed by atoms with Crippen LogP contribution >= 0.6 is 11.6 Å². The standard InChI is InChI=1S/C26H25ClN2O3/c1-32-24(30)16-17-29(19-21-10-6-3-7-11-21)25(22-12-14-23(27)15-13-22)26(31)28-18-20-8-4-2-5-9-20/h2-17,25H,18-19H2,1H3,(H,28,31)/b17-16+/t25-/m0/s1. The number of esters is 1. The van der Waals surface area contributed by atoms with Crippen LogP contribution in [0, 0.1) is 0 Å². The van der Waals surface area contributed by atoms with Crippen molar-refractivity contribution in [2.45, 2.75) is 19.1 Å². The van der Waals surface area contributed by atoms with Crippen molar-refractivity contribution in [2.75, 3.05) is 7.11 Å². The zero-order chi connectivity index (χ0) is 22.8. The molecule has 0 radical (unpaired) electrons. The number of nitrogens with zero attached hydrogens (tertiary/aromatic N) is 1. The third kappa shape index (κ3) is 6.72. The Morgan fingerprint density at radius 1 is 0.938 bits per heavy atom. The second-order valence-corrected chi connectivity index (χ2v) is 7.59. The third-order valence-electron chi connectivity index (χ3n) is 4.89. The van der Waals surface area contributed by atoms with E-state index in [1.54, 1.807) is 18.3 Å². The monoisotopic (exact) mass is 448 g/mol. The topological polar surface area (TPSA) is 58.6 Å². The number of benzene rings is 3. The number of carbonyl (C=O) groups is 2. The van der Waals surface area contributed by atoms with Gasteiger partial charge in [-0.1, -0.05) is 84.4 Å². The van der Waals surface area contributed by atoms with E-state index in [9.17, 15) is 9.59 Å². The summed E-state index contributed by atoms with van der Waals surface area (Å²) in [6, 6.07) is 25.9. The van der Waals surface area contributed by atoms with Gasteiger partial charge < -0.3 is 15.0 Å². The maximum atomic E-state index is 13.4. The number of nitrogens with one attached hydrogen (secondary N) is 1. The van der Waals surface area contributed by atoms with E-state index in [1.165, 1.54) is 13.2 Å². The Morgan fingerprint density at radius 2 is 1.53 bits per heavy atom. The molecule has 3 rings (SSSR count). The van der Waals surface area contributed by atoms with Crippen LogP contribution in [0.15, 0.2) is 97.2 Å². The van der Waals surface area contributed by atoms with Crippen molar-refractivity contribution >= 4 is 23.5 Å². The molecule has 0 bridgehead atoms. The van der Waals surface area contributed by atoms with E-state index >= 15 is 0 Å². The van der Waals surface area contributed by atoms with Gasteiger partial charge in [-0.3, -0.25) is 4.79 Å². The second kappa shape index (κ2) is 11.7. The number of carbonyl (C=O) groups excluding carboxylic acids is 2. The van der Waals surface area contributed by atoms with Crippen molar-refractivity contribution in [3.05, 3.63) is 119 Å². The maximum absolute atomic E-state index is 13.4. The Kier molecular flexibility index (Phi) is 8.46. The predicted molar refractivity (Wildman–Crippen MR) is 126 cm³/mol. The molecule has 3 aromatic rings. The van der Waals surface area contributed by atoms with E-state index in [1.807, 2.05) is 77.7 Å². The molecule has 164 valence electrons. The molecule has 0 saturated carbocycles. The van der Waals surface area contributed by atoms with Crippen molar-refractivity contribution in [1.29, 1.82) is 0 Å². The molecule has 0 aliphatic carbocycles. The number of ether oxygens (including phenoxy) is 1. The zero-order valence-corrected chi connectivity index (χ0v) is 18.5. The zero-order valence-electron chi connectivity index (χ0n) is 17.8. The van der Waals surface area contributed by atoms with E-state index in [2.05, 4.69) is 5.32 Å². The molecule has 0 fully saturated rings. The summed E-state index contributed by atoms with van der Waals surface area (Å²) in [6.45, 7) is 0.810. The van der Waals surface area contributed by atoms with Gasteiger partial charge in [-0.25, -0.2) is 4.79 Å². The van der Waals surface area contributed by atoms with E-state index < -0.39 is 12.0 Å². The molecule has 0 heterocycles. The molecule has 0 aromatic heterocycles. The van der Waals surface area contributed by atoms with Gasteiger partial charge in [-0.15, -0.1) is 0 Å². The van der Waals surface area contributed by atoms with Crippen LogP contribution in [0.25, 0.3) is 0 Å². The lowest BCUT2D eigenvalue weighted by atomic mass is 10.0. The smallest absolute Gasteiger partial charge is 0.331 e. The molecule has 32 heavy (non-hydrogen) atoms. The minimum Gasteiger partial charge on any atom is -0.466 e. The molecule has 0 aliphatic rings. The first-order valence-corrected chi connectivity index (χ1v) is 10.6. The molecule has 0 unspecified atom stereocenters. The Balaban J connectivity index is 1.93. The van der Waals surface area contributed by atoms with Crippen LogP contribution in [0.2, 0.25) is 5.02 Å². The lowest BCUT2D eigenvalue weighted by molar-refractivity contribution is -0.135. The van der Waals surface area contributed by atoms with Gasteiger partial charge >= 0.3 is 5.97 Å². The summed E-state index contributed by atoms with van der Waals surface area (Å²) < 4.78 is 4.75. The predicted octanol–water partition coefficient (Wildman–Crippen LogP) is 4.89. The van der Waals surface area contributed by atoms with Crippen LogP contribution in [0.3, 0.4) is 0 Å². The van der Waals surface area contributed by atoms with Crippen molar-refractivity contribution in [3.8, 4) is 0 Å². The van der Waals surface area contributed by atoms with Crippen LogP contribution in [0.1, 0.15) is 22.7 Å². The molecule has 5 nitrogen and oxygen atoms in total. The van der Waals surface area contributed by atoms with Crippen molar-refractivity contribution in [1.82, 2.24) is 10.2 Å². The first kappa shape index (κ1) is 23.1. The van der Waals surface area contributed by atoms with Gasteiger partial charge in [0.2, 0.25) is 5.91 Å². The minimum absolute atomic E-state index is 0.193. The van der Waals surface area contributed by atoms with E-state index in [-0.39, 0.29) is 5.91 Å². The Morgan fingerprint density at radius 3 is 2.12 bits per heavy atom. The first-order chi connectivity index (χ1) is 15.6. The average Bonchev–Trinajstić information content (AvgIpc) is 2.83. The van der Waals surface area contributed by atoms with E-state index in [4.69, 9.17) is 16.3 Å². The summed E-state index contributed by atoms with van der Waals surface area (Å²) >= 11 is 6.08. The van der Waals surface area contributed by atoms with Gasteiger partial charge in [-0.2, -0.15) is 0 Å². The molecular weight excluding hydrogens is 424 g/mol. The Labute approximate surface area is 193 Å². The summed E-state index contributed by atoms with van der Waals surface area (Å²) in [5.41, 5.74) is 2.75. The fourth-order valence-corrected chi connectivity index (χ4v) is 3.40. The summed E-state index contributed by atoms with van der Waals surface area (Å²) in [5, 5.41) is 3.60. The first-order valence-electron chi connectivity index (χ1n) is 10.2. The van der Waals surface area contributed by atoms with Crippen LogP contribution in [-0.4, -0.2) is 23.9 Å². The normalized spacial score (nSPS) is 11.7. The van der Waals surface area contributed by atoms with Gasteiger partial charge in [0.05, 0.1) is 7.11 Å². The van der Waals surface area contributed by atoms with Gasteiger partial charge in [0.25, 0.3) is 0 Å². The van der Waals surface area contributed by atoms with E-state index in [0.29, 0.717) is 18.1 Å². The molecule has 1 atom stereocenters. The van der Waals surface area contributed by atoms with E-state index in [0.717, 1.165) is 16.7 Å². The highest BCUT2D eigenvalue weighted by Crippen LogP contribution is 2.26.